The van der Waals surface area contributed by atoms with E-state index >= 15 is 0 Å². The van der Waals surface area contributed by atoms with Crippen molar-refractivity contribution in [1.29, 1.82) is 0 Å². The Balaban J connectivity index is 0.000000126. The molecule has 0 N–H and O–H groups in total. The van der Waals surface area contributed by atoms with E-state index in [1.807, 2.05) is 0 Å². The third kappa shape index (κ3) is 7.40. The van der Waals surface area contributed by atoms with E-state index in [-0.39, 0.29) is 0 Å². The lowest BCUT2D eigenvalue weighted by Gasteiger charge is -2.21. The van der Waals surface area contributed by atoms with Gasteiger partial charge in [-0.15, -0.1) is 0 Å². The van der Waals surface area contributed by atoms with Gasteiger partial charge in [0.15, 0.2) is 0 Å². The van der Waals surface area contributed by atoms with Crippen molar-refractivity contribution in [3.63, 3.8) is 0 Å². The van der Waals surface area contributed by atoms with Gasteiger partial charge in [-0.1, -0.05) is 279 Å². The number of hydrogen-bond donors (Lipinski definition) is 0. The van der Waals surface area contributed by atoms with Crippen LogP contribution >= 0.6 is 0 Å². The van der Waals surface area contributed by atoms with Crippen LogP contribution in [0.5, 0.6) is 0 Å². The number of hydrogen-bond acceptors (Lipinski definition) is 0. The zero-order valence-corrected chi connectivity index (χ0v) is 57.6. The summed E-state index contributed by atoms with van der Waals surface area (Å²) < 4.78 is 0. The number of aryl methyl sites for hydroxylation is 6. The molecular weight excluding hydrogens is 1230 g/mol. The van der Waals surface area contributed by atoms with Crippen LogP contribution in [0.1, 0.15) is 33.4 Å². The first-order valence-corrected chi connectivity index (χ1v) is 36.2. The van der Waals surface area contributed by atoms with Crippen LogP contribution in [-0.2, 0) is 0 Å². The predicted octanol–water partition coefficient (Wildman–Crippen LogP) is 29.3. The molecule has 24 aromatic carbocycles. The first-order chi connectivity index (χ1) is 50.1. The average Bonchev–Trinajstić information content (AvgIpc) is 0.717. The topological polar surface area (TPSA) is 0 Å². The second-order valence-electron chi connectivity index (χ2n) is 29.9. The van der Waals surface area contributed by atoms with Gasteiger partial charge in [0, 0.05) is 0 Å². The van der Waals surface area contributed by atoms with E-state index in [9.17, 15) is 0 Å². The molecule has 0 nitrogen and oxygen atoms in total. The van der Waals surface area contributed by atoms with Gasteiger partial charge in [0.05, 0.1) is 0 Å². The molecule has 0 heteroatoms. The van der Waals surface area contributed by atoms with Crippen LogP contribution in [0.25, 0.3) is 238 Å². The number of rotatable bonds is 4. The highest BCUT2D eigenvalue weighted by Gasteiger charge is 2.25. The summed E-state index contributed by atoms with van der Waals surface area (Å²) in [6, 6.07) is 107. The first-order valence-electron chi connectivity index (χ1n) is 36.2. The standard InChI is InChI=1S/2C51H32/c1-27-4-6-30-14-22-41-38(19-11-32-8-16-35(27)46(30)48(32)41)39-20-12-34-10-18-37-29(3)26-45(44-25-24-43(39)50(34)51(37)44)40-21-13-33-9-17-36-28(2)5-7-31-15-23-42(40)49(33)47(31)36;1-27-4-6-30-8-10-32-12-16-38(41-23-20-35(27)46(30)48(32)41)39-17-13-34-15-19-44-45(26-29(3)37-22-25-42(39)50(34)51(37)44)40-18-14-33-11-9-31-7-5-28(2)36-21-24-43(40)49(33)47(31)36/h2*4-26H,1-3H3. The summed E-state index contributed by atoms with van der Waals surface area (Å²) in [4.78, 5) is 0. The molecule has 0 saturated carbocycles. The van der Waals surface area contributed by atoms with Crippen molar-refractivity contribution in [2.24, 2.45) is 0 Å². The second-order valence-corrected chi connectivity index (χ2v) is 29.9. The van der Waals surface area contributed by atoms with Gasteiger partial charge >= 0.3 is 0 Å². The first kappa shape index (κ1) is 56.4. The van der Waals surface area contributed by atoms with Crippen LogP contribution in [0, 0.1) is 41.5 Å². The van der Waals surface area contributed by atoms with Gasteiger partial charge in [0.1, 0.15) is 0 Å². The van der Waals surface area contributed by atoms with Crippen molar-refractivity contribution in [3.8, 4) is 44.5 Å². The third-order valence-electron chi connectivity index (χ3n) is 24.7. The second kappa shape index (κ2) is 20.1. The Morgan fingerprint density at radius 3 is 0.490 bits per heavy atom. The highest BCUT2D eigenvalue weighted by Crippen LogP contribution is 2.52. The van der Waals surface area contributed by atoms with E-state index in [0.717, 1.165) is 0 Å². The molecule has 0 radical (unpaired) electrons. The van der Waals surface area contributed by atoms with E-state index < -0.39 is 0 Å². The van der Waals surface area contributed by atoms with Crippen molar-refractivity contribution in [1.82, 2.24) is 0 Å². The van der Waals surface area contributed by atoms with Crippen molar-refractivity contribution in [2.45, 2.75) is 41.5 Å². The van der Waals surface area contributed by atoms with Crippen LogP contribution in [0.15, 0.2) is 279 Å². The van der Waals surface area contributed by atoms with E-state index in [4.69, 9.17) is 0 Å². The van der Waals surface area contributed by atoms with Gasteiger partial charge in [-0.25, -0.2) is 0 Å². The Labute approximate surface area is 588 Å². The highest BCUT2D eigenvalue weighted by molar-refractivity contribution is 6.36. The zero-order chi connectivity index (χ0) is 67.4. The molecule has 0 amide bonds. The van der Waals surface area contributed by atoms with E-state index in [1.165, 1.54) is 272 Å². The maximum atomic E-state index is 2.43. The van der Waals surface area contributed by atoms with Gasteiger partial charge in [0.25, 0.3) is 0 Å². The Bertz CT molecular complexity index is 7500. The maximum absolute atomic E-state index is 2.43. The molecule has 0 spiro atoms. The zero-order valence-electron chi connectivity index (χ0n) is 57.6. The van der Waals surface area contributed by atoms with Gasteiger partial charge in [0.2, 0.25) is 0 Å². The molecule has 0 aliphatic rings. The van der Waals surface area contributed by atoms with Crippen molar-refractivity contribution < 1.29 is 0 Å². The van der Waals surface area contributed by atoms with Gasteiger partial charge in [-0.05, 0) is 313 Å². The van der Waals surface area contributed by atoms with Gasteiger partial charge < -0.3 is 0 Å². The minimum Gasteiger partial charge on any atom is -0.0581 e. The summed E-state index contributed by atoms with van der Waals surface area (Å²) in [6.07, 6.45) is 0. The summed E-state index contributed by atoms with van der Waals surface area (Å²) in [5, 5.41) is 48.2. The molecule has 0 saturated heterocycles. The van der Waals surface area contributed by atoms with Crippen molar-refractivity contribution in [3.05, 3.63) is 312 Å². The largest absolute Gasteiger partial charge is 0.0581 e. The molecule has 0 aromatic heterocycles. The fourth-order valence-electron chi connectivity index (χ4n) is 19.8. The third-order valence-corrected chi connectivity index (χ3v) is 24.7. The monoisotopic (exact) mass is 1290 g/mol. The molecule has 24 aromatic rings. The van der Waals surface area contributed by atoms with E-state index in [2.05, 4.69) is 321 Å². The average molecular weight is 1290 g/mol. The molecule has 0 aliphatic heterocycles. The predicted molar refractivity (Wildman–Crippen MR) is 445 cm³/mol. The minimum absolute atomic E-state index is 1.29. The molecule has 0 fully saturated rings. The van der Waals surface area contributed by atoms with E-state index in [1.54, 1.807) is 0 Å². The lowest BCUT2D eigenvalue weighted by atomic mass is 9.83. The van der Waals surface area contributed by atoms with Crippen LogP contribution < -0.4 is 0 Å². The Hall–Kier alpha value is -12.5. The van der Waals surface area contributed by atoms with Crippen molar-refractivity contribution >= 4 is 194 Å². The van der Waals surface area contributed by atoms with Crippen LogP contribution in [0.2, 0.25) is 0 Å². The maximum Gasteiger partial charge on any atom is -0.00177 e. The summed E-state index contributed by atoms with van der Waals surface area (Å²) in [5.41, 5.74) is 18.4. The summed E-state index contributed by atoms with van der Waals surface area (Å²) in [6.45, 7) is 13.5. The van der Waals surface area contributed by atoms with Crippen LogP contribution in [0.3, 0.4) is 0 Å². The smallest absolute Gasteiger partial charge is 0.00177 e. The van der Waals surface area contributed by atoms with Gasteiger partial charge in [-0.3, -0.25) is 0 Å². The molecule has 0 aliphatic carbocycles. The normalized spacial score (nSPS) is 12.6. The Morgan fingerprint density at radius 2 is 0.245 bits per heavy atom. The molecular formula is C102H64. The fourth-order valence-corrected chi connectivity index (χ4v) is 19.8. The molecule has 472 valence electrons. The fraction of sp³-hybridized carbons (Fsp3) is 0.0588. The van der Waals surface area contributed by atoms with Gasteiger partial charge in [-0.2, -0.15) is 0 Å². The summed E-state index contributed by atoms with van der Waals surface area (Å²) in [7, 11) is 0. The Kier molecular flexibility index (Phi) is 11.1. The molecule has 24 rings (SSSR count). The molecule has 0 heterocycles. The molecule has 0 unspecified atom stereocenters. The molecule has 0 bridgehead atoms. The van der Waals surface area contributed by atoms with E-state index in [0.29, 0.717) is 0 Å². The SMILES string of the molecule is Cc1ccc2ccc3c(-c4ccc5ccc6c(C)cc(-c7ccc8ccc9c(C)ccc%10ccc7c8c%109)c7ccc4c5c67)ccc4ccc1c2c43.Cc1ccc2ccc3ccc(-c4ccc5ccc6c(-c7ccc8ccc9ccc(C)c%10ccc7c8c9%10)cc(C)c7ccc4c5c76)c4ccc1c2c34. The highest BCUT2D eigenvalue weighted by atomic mass is 14.3. The summed E-state index contributed by atoms with van der Waals surface area (Å²) in [5.74, 6) is 0. The lowest BCUT2D eigenvalue weighted by Crippen LogP contribution is -1.94. The van der Waals surface area contributed by atoms with Crippen molar-refractivity contribution in [2.75, 3.05) is 0 Å². The lowest BCUT2D eigenvalue weighted by molar-refractivity contribution is 1.54. The van der Waals surface area contributed by atoms with Crippen LogP contribution in [-0.4, -0.2) is 0 Å². The van der Waals surface area contributed by atoms with Crippen LogP contribution in [0.4, 0.5) is 0 Å². The summed E-state index contributed by atoms with van der Waals surface area (Å²) >= 11 is 0. The molecule has 0 atom stereocenters. The number of benzene rings is 24. The minimum atomic E-state index is 1.29. The Morgan fingerprint density at radius 1 is 0.108 bits per heavy atom. The quantitative estimate of drug-likeness (QED) is 0.154. The molecule has 102 heavy (non-hydrogen) atoms.